The molecule has 0 saturated carbocycles. The third-order valence-electron chi connectivity index (χ3n) is 3.52. The van der Waals surface area contributed by atoms with Crippen LogP contribution >= 0.6 is 11.3 Å². The monoisotopic (exact) mass is 282 g/mol. The van der Waals surface area contributed by atoms with Crippen LogP contribution in [0.1, 0.15) is 21.5 Å². The molecule has 0 radical (unpaired) electrons. The van der Waals surface area contributed by atoms with E-state index in [1.807, 2.05) is 24.5 Å². The Morgan fingerprint density at radius 2 is 1.95 bits per heavy atom. The number of hydrogen-bond donors (Lipinski definition) is 1. The molecule has 1 N–H and O–H groups in total. The van der Waals surface area contributed by atoms with Gasteiger partial charge in [0.15, 0.2) is 0 Å². The number of aromatic nitrogens is 1. The first kappa shape index (κ1) is 13.3. The quantitative estimate of drug-likeness (QED) is 0.779. The lowest BCUT2D eigenvalue weighted by Gasteiger charge is -2.14. The summed E-state index contributed by atoms with van der Waals surface area (Å²) in [6.07, 6.45) is 0.918. The topological polar surface area (TPSA) is 24.9 Å². The molecule has 1 unspecified atom stereocenters. The number of fused-ring (bicyclic) bond motifs is 1. The molecule has 0 amide bonds. The first-order valence-electron chi connectivity index (χ1n) is 6.84. The summed E-state index contributed by atoms with van der Waals surface area (Å²) in [7, 11) is 2.01. The van der Waals surface area contributed by atoms with E-state index < -0.39 is 0 Å². The minimum atomic E-state index is 0.336. The number of hydrogen-bond acceptors (Lipinski definition) is 3. The molecule has 0 aliphatic heterocycles. The fraction of sp³-hybridized carbons (Fsp3) is 0.235. The van der Waals surface area contributed by atoms with Crippen molar-refractivity contribution in [1.82, 2.24) is 10.3 Å². The molecule has 3 heteroatoms. The number of rotatable bonds is 4. The van der Waals surface area contributed by atoms with E-state index in [-0.39, 0.29) is 0 Å². The molecule has 0 aliphatic carbocycles. The molecule has 102 valence electrons. The van der Waals surface area contributed by atoms with E-state index >= 15 is 0 Å². The fourth-order valence-corrected chi connectivity index (χ4v) is 3.40. The highest BCUT2D eigenvalue weighted by Crippen LogP contribution is 2.25. The highest BCUT2D eigenvalue weighted by molar-refractivity contribution is 7.12. The Bertz CT molecular complexity index is 718. The SMILES string of the molecule is CNC(Cc1ccc2ccccc2n1)c1ccc(C)s1. The molecular weight excluding hydrogens is 264 g/mol. The Hall–Kier alpha value is -1.71. The standard InChI is InChI=1S/C17H18N2S/c1-12-7-10-17(20-12)16(18-2)11-14-9-8-13-5-3-4-6-15(13)19-14/h3-10,16,18H,11H2,1-2H3. The Morgan fingerprint density at radius 3 is 2.70 bits per heavy atom. The average molecular weight is 282 g/mol. The van der Waals surface area contributed by atoms with Gasteiger partial charge in [0, 0.05) is 33.3 Å². The van der Waals surface area contributed by atoms with Crippen LogP contribution in [0, 0.1) is 6.92 Å². The second-order valence-corrected chi connectivity index (χ2v) is 6.31. The van der Waals surface area contributed by atoms with Crippen molar-refractivity contribution in [2.24, 2.45) is 0 Å². The maximum Gasteiger partial charge on any atom is 0.0705 e. The number of thiophene rings is 1. The third-order valence-corrected chi connectivity index (χ3v) is 4.64. The van der Waals surface area contributed by atoms with Gasteiger partial charge in [-0.15, -0.1) is 11.3 Å². The zero-order valence-corrected chi connectivity index (χ0v) is 12.6. The smallest absolute Gasteiger partial charge is 0.0705 e. The van der Waals surface area contributed by atoms with Crippen LogP contribution in [0.4, 0.5) is 0 Å². The molecule has 3 aromatic rings. The normalized spacial score (nSPS) is 12.7. The largest absolute Gasteiger partial charge is 0.312 e. The van der Waals surface area contributed by atoms with Gasteiger partial charge in [-0.05, 0) is 38.2 Å². The van der Waals surface area contributed by atoms with Crippen molar-refractivity contribution in [3.05, 3.63) is 64.0 Å². The fourth-order valence-electron chi connectivity index (χ4n) is 2.42. The molecule has 0 saturated heterocycles. The second kappa shape index (κ2) is 5.73. The van der Waals surface area contributed by atoms with Gasteiger partial charge in [0.2, 0.25) is 0 Å². The Kier molecular flexibility index (Phi) is 3.81. The first-order valence-corrected chi connectivity index (χ1v) is 7.66. The highest BCUT2D eigenvalue weighted by atomic mass is 32.1. The van der Waals surface area contributed by atoms with Crippen LogP contribution in [-0.4, -0.2) is 12.0 Å². The molecule has 0 bridgehead atoms. The van der Waals surface area contributed by atoms with Crippen molar-refractivity contribution >= 4 is 22.2 Å². The van der Waals surface area contributed by atoms with E-state index in [1.54, 1.807) is 0 Å². The molecule has 2 heterocycles. The van der Waals surface area contributed by atoms with Crippen molar-refractivity contribution in [2.45, 2.75) is 19.4 Å². The molecule has 20 heavy (non-hydrogen) atoms. The second-order valence-electron chi connectivity index (χ2n) is 4.99. The summed E-state index contributed by atoms with van der Waals surface area (Å²) < 4.78 is 0. The van der Waals surface area contributed by atoms with Gasteiger partial charge >= 0.3 is 0 Å². The van der Waals surface area contributed by atoms with Gasteiger partial charge in [0.05, 0.1) is 5.52 Å². The number of likely N-dealkylation sites (N-methyl/N-ethyl adjacent to an activating group) is 1. The van der Waals surface area contributed by atoms with E-state index in [4.69, 9.17) is 4.98 Å². The van der Waals surface area contributed by atoms with Crippen LogP contribution in [0.25, 0.3) is 10.9 Å². The van der Waals surface area contributed by atoms with Crippen LogP contribution in [0.3, 0.4) is 0 Å². The zero-order chi connectivity index (χ0) is 13.9. The van der Waals surface area contributed by atoms with Crippen molar-refractivity contribution in [1.29, 1.82) is 0 Å². The zero-order valence-electron chi connectivity index (χ0n) is 11.8. The molecule has 3 rings (SSSR count). The molecular formula is C17H18N2S. The molecule has 2 nitrogen and oxygen atoms in total. The van der Waals surface area contributed by atoms with Crippen molar-refractivity contribution in [3.63, 3.8) is 0 Å². The maximum atomic E-state index is 4.76. The molecule has 1 atom stereocenters. The van der Waals surface area contributed by atoms with E-state index in [2.05, 4.69) is 54.7 Å². The van der Waals surface area contributed by atoms with Crippen molar-refractivity contribution < 1.29 is 0 Å². The summed E-state index contributed by atoms with van der Waals surface area (Å²) in [5.74, 6) is 0. The lowest BCUT2D eigenvalue weighted by atomic mass is 10.1. The average Bonchev–Trinajstić information content (AvgIpc) is 2.91. The van der Waals surface area contributed by atoms with Crippen LogP contribution < -0.4 is 5.32 Å². The Labute approximate surface area is 123 Å². The summed E-state index contributed by atoms with van der Waals surface area (Å²) in [6.45, 7) is 2.15. The highest BCUT2D eigenvalue weighted by Gasteiger charge is 2.13. The van der Waals surface area contributed by atoms with Gasteiger partial charge in [-0.1, -0.05) is 24.3 Å². The predicted octanol–water partition coefficient (Wildman–Crippen LogP) is 4.11. The summed E-state index contributed by atoms with van der Waals surface area (Å²) in [5, 5.41) is 4.60. The minimum Gasteiger partial charge on any atom is -0.312 e. The van der Waals surface area contributed by atoms with Gasteiger partial charge in [-0.2, -0.15) is 0 Å². The Morgan fingerprint density at radius 1 is 1.10 bits per heavy atom. The summed E-state index contributed by atoms with van der Waals surface area (Å²) in [4.78, 5) is 7.49. The van der Waals surface area contributed by atoms with Gasteiger partial charge in [-0.3, -0.25) is 4.98 Å². The maximum absolute atomic E-state index is 4.76. The van der Waals surface area contributed by atoms with Crippen LogP contribution in [0.5, 0.6) is 0 Å². The van der Waals surface area contributed by atoms with E-state index in [9.17, 15) is 0 Å². The van der Waals surface area contributed by atoms with Gasteiger partial charge < -0.3 is 5.32 Å². The lowest BCUT2D eigenvalue weighted by molar-refractivity contribution is 0.595. The van der Waals surface area contributed by atoms with Gasteiger partial charge in [0.1, 0.15) is 0 Å². The molecule has 0 aliphatic rings. The number of benzene rings is 1. The van der Waals surface area contributed by atoms with Crippen molar-refractivity contribution in [2.75, 3.05) is 7.05 Å². The first-order chi connectivity index (χ1) is 9.76. The minimum absolute atomic E-state index is 0.336. The number of para-hydroxylation sites is 1. The summed E-state index contributed by atoms with van der Waals surface area (Å²) in [6, 6.07) is 17.3. The third kappa shape index (κ3) is 2.74. The number of nitrogens with one attached hydrogen (secondary N) is 1. The van der Waals surface area contributed by atoms with E-state index in [1.165, 1.54) is 15.1 Å². The van der Waals surface area contributed by atoms with Gasteiger partial charge in [-0.25, -0.2) is 0 Å². The number of aryl methyl sites for hydroxylation is 1. The molecule has 1 aromatic carbocycles. The van der Waals surface area contributed by atoms with Crippen LogP contribution in [0.2, 0.25) is 0 Å². The van der Waals surface area contributed by atoms with E-state index in [0.717, 1.165) is 17.6 Å². The van der Waals surface area contributed by atoms with Crippen LogP contribution in [0.15, 0.2) is 48.5 Å². The number of nitrogens with zero attached hydrogens (tertiary/aromatic N) is 1. The lowest BCUT2D eigenvalue weighted by Crippen LogP contribution is -2.18. The van der Waals surface area contributed by atoms with Gasteiger partial charge in [0.25, 0.3) is 0 Å². The summed E-state index contributed by atoms with van der Waals surface area (Å²) >= 11 is 1.85. The summed E-state index contributed by atoms with van der Waals surface area (Å²) in [5.41, 5.74) is 2.20. The predicted molar refractivity (Wildman–Crippen MR) is 86.3 cm³/mol. The molecule has 2 aromatic heterocycles. The van der Waals surface area contributed by atoms with Crippen LogP contribution in [-0.2, 0) is 6.42 Å². The van der Waals surface area contributed by atoms with Crippen molar-refractivity contribution in [3.8, 4) is 0 Å². The van der Waals surface area contributed by atoms with E-state index in [0.29, 0.717) is 6.04 Å². The number of pyridine rings is 1. The Balaban J connectivity index is 1.87. The molecule has 0 fully saturated rings. The molecule has 0 spiro atoms.